The number of rotatable bonds is 2. The highest BCUT2D eigenvalue weighted by Gasteiger charge is 2.46. The van der Waals surface area contributed by atoms with E-state index in [1.165, 1.54) is 16.9 Å². The molecule has 1 aromatic heterocycles. The standard InChI is InChI=1S/C27H26N4O3S/c1-29-24-19-4-2-3-5-23(19)34-27(20(24)15-28)9-11-31(12-10-27)26(32)21-16-35-25(30-21)18-6-7-22-17(14-18)8-13-33-22/h2-7,14-16H,8-13,28H2,1H3/b20-15+,29-24?. The van der Waals surface area contributed by atoms with Gasteiger partial charge in [0.15, 0.2) is 0 Å². The van der Waals surface area contributed by atoms with Gasteiger partial charge in [-0.2, -0.15) is 0 Å². The number of thiazole rings is 1. The van der Waals surface area contributed by atoms with Crippen LogP contribution in [0.1, 0.15) is 34.5 Å². The third kappa shape index (κ3) is 3.60. The van der Waals surface area contributed by atoms with E-state index >= 15 is 0 Å². The fraction of sp³-hybridized carbons (Fsp3) is 0.296. The number of piperidine rings is 1. The van der Waals surface area contributed by atoms with Crippen molar-refractivity contribution in [3.63, 3.8) is 0 Å². The van der Waals surface area contributed by atoms with E-state index in [4.69, 9.17) is 15.2 Å². The lowest BCUT2D eigenvalue weighted by Crippen LogP contribution is -2.54. The first-order chi connectivity index (χ1) is 17.1. The molecule has 0 aliphatic carbocycles. The van der Waals surface area contributed by atoms with Crippen LogP contribution in [-0.4, -0.2) is 53.8 Å². The molecule has 178 valence electrons. The number of aliphatic imine (C=N–C) groups is 1. The molecule has 3 aliphatic rings. The Bertz CT molecular complexity index is 1370. The third-order valence-electron chi connectivity index (χ3n) is 7.10. The molecule has 1 spiro atoms. The molecule has 3 aliphatic heterocycles. The number of hydrogen-bond donors (Lipinski definition) is 1. The lowest BCUT2D eigenvalue weighted by atomic mass is 9.78. The van der Waals surface area contributed by atoms with Crippen LogP contribution in [0.4, 0.5) is 0 Å². The van der Waals surface area contributed by atoms with Crippen LogP contribution < -0.4 is 15.2 Å². The molecule has 0 radical (unpaired) electrons. The quantitative estimate of drug-likeness (QED) is 0.590. The van der Waals surface area contributed by atoms with Crippen molar-refractivity contribution in [2.75, 3.05) is 26.7 Å². The monoisotopic (exact) mass is 486 g/mol. The van der Waals surface area contributed by atoms with Crippen molar-refractivity contribution in [1.82, 2.24) is 9.88 Å². The number of carbonyl (C=O) groups excluding carboxylic acids is 1. The summed E-state index contributed by atoms with van der Waals surface area (Å²) in [6, 6.07) is 14.0. The largest absolute Gasteiger partial charge is 0.493 e. The Hall–Kier alpha value is -3.65. The number of benzene rings is 2. The number of likely N-dealkylation sites (tertiary alicyclic amines) is 1. The fourth-order valence-electron chi connectivity index (χ4n) is 5.28. The third-order valence-corrected chi connectivity index (χ3v) is 7.99. The van der Waals surface area contributed by atoms with Crippen molar-refractivity contribution in [2.45, 2.75) is 24.9 Å². The fourth-order valence-corrected chi connectivity index (χ4v) is 6.07. The molecule has 4 heterocycles. The summed E-state index contributed by atoms with van der Waals surface area (Å²) < 4.78 is 12.1. The van der Waals surface area contributed by atoms with Crippen molar-refractivity contribution in [2.24, 2.45) is 10.7 Å². The summed E-state index contributed by atoms with van der Waals surface area (Å²) in [5, 5.41) is 2.70. The summed E-state index contributed by atoms with van der Waals surface area (Å²) in [6.45, 7) is 1.83. The summed E-state index contributed by atoms with van der Waals surface area (Å²) in [5.41, 5.74) is 10.9. The van der Waals surface area contributed by atoms with Gasteiger partial charge in [0.2, 0.25) is 0 Å². The molecular weight excluding hydrogens is 460 g/mol. The Morgan fingerprint density at radius 2 is 2.03 bits per heavy atom. The molecule has 1 fully saturated rings. The molecule has 1 amide bonds. The minimum atomic E-state index is -0.589. The number of nitrogens with two attached hydrogens (primary N) is 1. The molecule has 2 aromatic carbocycles. The minimum Gasteiger partial charge on any atom is -0.493 e. The van der Waals surface area contributed by atoms with Gasteiger partial charge in [0.25, 0.3) is 5.91 Å². The number of para-hydroxylation sites is 1. The lowest BCUT2D eigenvalue weighted by Gasteiger charge is -2.46. The van der Waals surface area contributed by atoms with Gasteiger partial charge in [-0.25, -0.2) is 4.98 Å². The average Bonchev–Trinajstić information content (AvgIpc) is 3.57. The van der Waals surface area contributed by atoms with Gasteiger partial charge in [-0.1, -0.05) is 12.1 Å². The van der Waals surface area contributed by atoms with Crippen LogP contribution in [0, 0.1) is 0 Å². The maximum Gasteiger partial charge on any atom is 0.273 e. The molecule has 35 heavy (non-hydrogen) atoms. The number of hydrogen-bond acceptors (Lipinski definition) is 7. The van der Waals surface area contributed by atoms with Crippen LogP contribution in [0.3, 0.4) is 0 Å². The summed E-state index contributed by atoms with van der Waals surface area (Å²) in [7, 11) is 1.78. The topological polar surface area (TPSA) is 90.0 Å². The van der Waals surface area contributed by atoms with Crippen LogP contribution in [-0.2, 0) is 6.42 Å². The average molecular weight is 487 g/mol. The summed E-state index contributed by atoms with van der Waals surface area (Å²) in [5.74, 6) is 1.70. The SMILES string of the molecule is CN=C1/C(=C\N)C2(CCN(C(=O)c3csc(-c4ccc5c(c4)CCO5)n3)CC2)Oc2ccccc21. The van der Waals surface area contributed by atoms with Gasteiger partial charge in [-0.05, 0) is 35.9 Å². The highest BCUT2D eigenvalue weighted by atomic mass is 32.1. The first kappa shape index (κ1) is 21.9. The molecule has 0 atom stereocenters. The minimum absolute atomic E-state index is 0.0503. The summed E-state index contributed by atoms with van der Waals surface area (Å²) in [6.07, 6.45) is 3.80. The summed E-state index contributed by atoms with van der Waals surface area (Å²) >= 11 is 1.50. The van der Waals surface area contributed by atoms with Crippen LogP contribution in [0.15, 0.2) is 64.6 Å². The molecule has 2 N–H and O–H groups in total. The molecule has 0 bridgehead atoms. The normalized spacial score (nSPS) is 20.4. The molecule has 0 unspecified atom stereocenters. The zero-order valence-electron chi connectivity index (χ0n) is 19.5. The van der Waals surface area contributed by atoms with Gasteiger partial charge in [0.1, 0.15) is 27.8 Å². The Morgan fingerprint density at radius 1 is 1.20 bits per heavy atom. The smallest absolute Gasteiger partial charge is 0.273 e. The molecular formula is C27H26N4O3S. The van der Waals surface area contributed by atoms with E-state index in [1.54, 1.807) is 13.2 Å². The molecule has 0 saturated carbocycles. The zero-order chi connectivity index (χ0) is 24.0. The molecule has 7 nitrogen and oxygen atoms in total. The number of ether oxygens (including phenoxy) is 2. The van der Waals surface area contributed by atoms with Gasteiger partial charge in [-0.3, -0.25) is 9.79 Å². The summed E-state index contributed by atoms with van der Waals surface area (Å²) in [4.78, 5) is 24.4. The van der Waals surface area contributed by atoms with E-state index < -0.39 is 5.60 Å². The highest BCUT2D eigenvalue weighted by Crippen LogP contribution is 2.43. The highest BCUT2D eigenvalue weighted by molar-refractivity contribution is 7.13. The lowest BCUT2D eigenvalue weighted by molar-refractivity contribution is 0.0282. The van der Waals surface area contributed by atoms with E-state index in [-0.39, 0.29) is 5.91 Å². The van der Waals surface area contributed by atoms with Gasteiger partial charge in [0, 0.05) is 67.7 Å². The number of nitrogens with zero attached hydrogens (tertiary/aromatic N) is 3. The molecule has 1 saturated heterocycles. The predicted octanol–water partition coefficient (Wildman–Crippen LogP) is 4.07. The van der Waals surface area contributed by atoms with E-state index in [0.29, 0.717) is 31.6 Å². The molecule has 8 heteroatoms. The maximum atomic E-state index is 13.3. The van der Waals surface area contributed by atoms with Crippen molar-refractivity contribution in [3.8, 4) is 22.1 Å². The van der Waals surface area contributed by atoms with Crippen LogP contribution in [0.5, 0.6) is 11.5 Å². The van der Waals surface area contributed by atoms with Gasteiger partial charge >= 0.3 is 0 Å². The van der Waals surface area contributed by atoms with E-state index in [9.17, 15) is 4.79 Å². The maximum absolute atomic E-state index is 13.3. The Morgan fingerprint density at radius 3 is 2.83 bits per heavy atom. The second-order valence-corrected chi connectivity index (χ2v) is 9.85. The number of amides is 1. The van der Waals surface area contributed by atoms with Gasteiger partial charge in [-0.15, -0.1) is 11.3 Å². The Labute approximate surface area is 207 Å². The molecule has 6 rings (SSSR count). The number of aromatic nitrogens is 1. The van der Waals surface area contributed by atoms with E-state index in [0.717, 1.165) is 51.9 Å². The predicted molar refractivity (Wildman–Crippen MR) is 136 cm³/mol. The zero-order valence-corrected chi connectivity index (χ0v) is 20.3. The van der Waals surface area contributed by atoms with Crippen molar-refractivity contribution in [3.05, 3.63) is 76.4 Å². The van der Waals surface area contributed by atoms with E-state index in [2.05, 4.69) is 16.0 Å². The second kappa shape index (κ2) is 8.53. The van der Waals surface area contributed by atoms with Crippen LogP contribution >= 0.6 is 11.3 Å². The second-order valence-electron chi connectivity index (χ2n) is 9.00. The number of fused-ring (bicyclic) bond motifs is 2. The van der Waals surface area contributed by atoms with Gasteiger partial charge in [0.05, 0.1) is 12.3 Å². The first-order valence-electron chi connectivity index (χ1n) is 11.8. The van der Waals surface area contributed by atoms with Crippen molar-refractivity contribution < 1.29 is 14.3 Å². The Kier molecular flexibility index (Phi) is 5.33. The first-order valence-corrected chi connectivity index (χ1v) is 12.7. The number of carbonyl (C=O) groups is 1. The van der Waals surface area contributed by atoms with E-state index in [1.807, 2.05) is 46.7 Å². The van der Waals surface area contributed by atoms with Crippen LogP contribution in [0.2, 0.25) is 0 Å². The van der Waals surface area contributed by atoms with Crippen LogP contribution in [0.25, 0.3) is 10.6 Å². The Balaban J connectivity index is 1.20. The van der Waals surface area contributed by atoms with Crippen molar-refractivity contribution in [1.29, 1.82) is 0 Å². The van der Waals surface area contributed by atoms with Gasteiger partial charge < -0.3 is 20.1 Å². The molecule has 3 aromatic rings. The van der Waals surface area contributed by atoms with Crippen molar-refractivity contribution >= 4 is 23.0 Å².